The van der Waals surface area contributed by atoms with Gasteiger partial charge in [-0.15, -0.1) is 0 Å². The Hall–Kier alpha value is -3.14. The summed E-state index contributed by atoms with van der Waals surface area (Å²) in [5, 5.41) is 0. The summed E-state index contributed by atoms with van der Waals surface area (Å²) in [5.74, 6) is 3.13. The van der Waals surface area contributed by atoms with Crippen LogP contribution in [0.4, 0.5) is 0 Å². The number of rotatable bonds is 7. The lowest BCUT2D eigenvalue weighted by Crippen LogP contribution is -1.95. The lowest BCUT2D eigenvalue weighted by molar-refractivity contribution is 0.355. The summed E-state index contributed by atoms with van der Waals surface area (Å²) in [6.45, 7) is 0. The molecule has 0 aliphatic carbocycles. The minimum absolute atomic E-state index is 0.722. The summed E-state index contributed by atoms with van der Waals surface area (Å²) in [7, 11) is 6.64. The van der Waals surface area contributed by atoms with Crippen molar-refractivity contribution in [1.29, 1.82) is 0 Å². The largest absolute Gasteiger partial charge is 0.497 e. The molecule has 0 unspecified atom stereocenters. The zero-order chi connectivity index (χ0) is 19.2. The van der Waals surface area contributed by atoms with E-state index in [0.717, 1.165) is 46.1 Å². The molecule has 3 rings (SSSR count). The van der Waals surface area contributed by atoms with Crippen LogP contribution in [0.25, 0.3) is 11.1 Å². The van der Waals surface area contributed by atoms with Crippen molar-refractivity contribution < 1.29 is 18.9 Å². The molecule has 0 aliphatic rings. The molecule has 0 N–H and O–H groups in total. The third kappa shape index (κ3) is 4.17. The Morgan fingerprint density at radius 3 is 1.81 bits per heavy atom. The lowest BCUT2D eigenvalue weighted by atomic mass is 9.99. The van der Waals surface area contributed by atoms with Gasteiger partial charge in [-0.3, -0.25) is 0 Å². The Kier molecular flexibility index (Phi) is 5.87. The van der Waals surface area contributed by atoms with Crippen molar-refractivity contribution in [2.45, 2.75) is 6.42 Å². The molecule has 0 aliphatic heterocycles. The van der Waals surface area contributed by atoms with Crippen molar-refractivity contribution in [3.8, 4) is 34.1 Å². The van der Waals surface area contributed by atoms with Crippen molar-refractivity contribution in [3.63, 3.8) is 0 Å². The molecule has 0 bridgehead atoms. The van der Waals surface area contributed by atoms with E-state index in [2.05, 4.69) is 24.3 Å². The normalized spacial score (nSPS) is 10.4. The van der Waals surface area contributed by atoms with Crippen LogP contribution in [0.1, 0.15) is 11.1 Å². The van der Waals surface area contributed by atoms with Crippen LogP contribution in [-0.4, -0.2) is 28.4 Å². The van der Waals surface area contributed by atoms with Crippen LogP contribution in [0.2, 0.25) is 0 Å². The van der Waals surface area contributed by atoms with Crippen LogP contribution < -0.4 is 18.9 Å². The third-order valence-corrected chi connectivity index (χ3v) is 4.55. The van der Waals surface area contributed by atoms with E-state index in [1.165, 1.54) is 5.56 Å². The Morgan fingerprint density at radius 1 is 0.556 bits per heavy atom. The Labute approximate surface area is 160 Å². The minimum atomic E-state index is 0.722. The van der Waals surface area contributed by atoms with Crippen molar-refractivity contribution >= 4 is 0 Å². The van der Waals surface area contributed by atoms with Gasteiger partial charge in [0, 0.05) is 12.0 Å². The summed E-state index contributed by atoms with van der Waals surface area (Å²) in [6, 6.07) is 20.3. The van der Waals surface area contributed by atoms with Gasteiger partial charge in [-0.2, -0.15) is 0 Å². The van der Waals surface area contributed by atoms with Crippen molar-refractivity contribution in [2.24, 2.45) is 0 Å². The first-order valence-corrected chi connectivity index (χ1v) is 8.70. The maximum Gasteiger partial charge on any atom is 0.161 e. The Morgan fingerprint density at radius 2 is 1.19 bits per heavy atom. The molecule has 0 atom stereocenters. The molecule has 3 aromatic rings. The highest BCUT2D eigenvalue weighted by Crippen LogP contribution is 2.33. The van der Waals surface area contributed by atoms with Crippen LogP contribution in [0.15, 0.2) is 60.7 Å². The van der Waals surface area contributed by atoms with Crippen molar-refractivity contribution in [3.05, 3.63) is 71.8 Å². The standard InChI is InChI=1S/C23H24O4/c1-24-20-10-12-21(25-2)19(14-20)13-16-5-7-17(8-6-16)18-9-11-22(26-3)23(15-18)27-4/h5-12,14-15H,13H2,1-4H3. The van der Waals surface area contributed by atoms with Crippen LogP contribution in [0.5, 0.6) is 23.0 Å². The van der Waals surface area contributed by atoms with Crippen LogP contribution in [0.3, 0.4) is 0 Å². The average molecular weight is 364 g/mol. The number of hydrogen-bond acceptors (Lipinski definition) is 4. The summed E-state index contributed by atoms with van der Waals surface area (Å²) in [5.41, 5.74) is 4.50. The predicted molar refractivity (Wildman–Crippen MR) is 107 cm³/mol. The van der Waals surface area contributed by atoms with Crippen molar-refractivity contribution in [2.75, 3.05) is 28.4 Å². The van der Waals surface area contributed by atoms with Crippen molar-refractivity contribution in [1.82, 2.24) is 0 Å². The quantitative estimate of drug-likeness (QED) is 0.593. The van der Waals surface area contributed by atoms with E-state index in [1.807, 2.05) is 36.4 Å². The van der Waals surface area contributed by atoms with Crippen LogP contribution >= 0.6 is 0 Å². The van der Waals surface area contributed by atoms with Gasteiger partial charge in [0.05, 0.1) is 28.4 Å². The average Bonchev–Trinajstić information content (AvgIpc) is 2.73. The van der Waals surface area contributed by atoms with Gasteiger partial charge in [-0.25, -0.2) is 0 Å². The fourth-order valence-corrected chi connectivity index (χ4v) is 3.07. The zero-order valence-corrected chi connectivity index (χ0v) is 16.1. The molecule has 0 aromatic heterocycles. The summed E-state index contributed by atoms with van der Waals surface area (Å²) in [4.78, 5) is 0. The van der Waals surface area contributed by atoms with E-state index in [-0.39, 0.29) is 0 Å². The second-order valence-electron chi connectivity index (χ2n) is 6.12. The van der Waals surface area contributed by atoms with E-state index < -0.39 is 0 Å². The third-order valence-electron chi connectivity index (χ3n) is 4.55. The SMILES string of the molecule is COc1ccc(OC)c(Cc2ccc(-c3ccc(OC)c(OC)c3)cc2)c1. The van der Waals surface area contributed by atoms with Gasteiger partial charge in [0.1, 0.15) is 11.5 Å². The van der Waals surface area contributed by atoms with Crippen LogP contribution in [0, 0.1) is 0 Å². The zero-order valence-electron chi connectivity index (χ0n) is 16.1. The molecule has 0 saturated heterocycles. The highest BCUT2D eigenvalue weighted by molar-refractivity contribution is 5.67. The molecule has 27 heavy (non-hydrogen) atoms. The molecule has 4 heteroatoms. The van der Waals surface area contributed by atoms with Gasteiger partial charge < -0.3 is 18.9 Å². The molecule has 3 aromatic carbocycles. The summed E-state index contributed by atoms with van der Waals surface area (Å²) in [6.07, 6.45) is 0.770. The second-order valence-corrected chi connectivity index (χ2v) is 6.12. The molecule has 0 saturated carbocycles. The maximum absolute atomic E-state index is 5.48. The molecule has 4 nitrogen and oxygen atoms in total. The second kappa shape index (κ2) is 8.49. The fraction of sp³-hybridized carbons (Fsp3) is 0.217. The molecule has 0 heterocycles. The van der Waals surface area contributed by atoms with Crippen LogP contribution in [-0.2, 0) is 6.42 Å². The molecular weight excluding hydrogens is 340 g/mol. The number of hydrogen-bond donors (Lipinski definition) is 0. The molecular formula is C23H24O4. The van der Waals surface area contributed by atoms with E-state index in [0.29, 0.717) is 0 Å². The van der Waals surface area contributed by atoms with Gasteiger partial charge in [-0.1, -0.05) is 30.3 Å². The Balaban J connectivity index is 1.84. The molecule has 140 valence electrons. The molecule has 0 spiro atoms. The first-order chi connectivity index (χ1) is 13.2. The van der Waals surface area contributed by atoms with Gasteiger partial charge >= 0.3 is 0 Å². The first kappa shape index (κ1) is 18.6. The van der Waals surface area contributed by atoms with E-state index in [4.69, 9.17) is 18.9 Å². The monoisotopic (exact) mass is 364 g/mol. The number of methoxy groups -OCH3 is 4. The summed E-state index contributed by atoms with van der Waals surface area (Å²) < 4.78 is 21.5. The lowest BCUT2D eigenvalue weighted by Gasteiger charge is -2.12. The van der Waals surface area contributed by atoms with Gasteiger partial charge in [0.2, 0.25) is 0 Å². The van der Waals surface area contributed by atoms with E-state index in [9.17, 15) is 0 Å². The topological polar surface area (TPSA) is 36.9 Å². The number of ether oxygens (including phenoxy) is 4. The highest BCUT2D eigenvalue weighted by Gasteiger charge is 2.08. The molecule has 0 radical (unpaired) electrons. The predicted octanol–water partition coefficient (Wildman–Crippen LogP) is 4.98. The molecule has 0 amide bonds. The first-order valence-electron chi connectivity index (χ1n) is 8.70. The Bertz CT molecular complexity index is 901. The maximum atomic E-state index is 5.48. The minimum Gasteiger partial charge on any atom is -0.497 e. The highest BCUT2D eigenvalue weighted by atomic mass is 16.5. The smallest absolute Gasteiger partial charge is 0.161 e. The van der Waals surface area contributed by atoms with Gasteiger partial charge in [0.15, 0.2) is 11.5 Å². The number of benzene rings is 3. The van der Waals surface area contributed by atoms with Gasteiger partial charge in [-0.05, 0) is 47.0 Å². The molecule has 0 fully saturated rings. The van der Waals surface area contributed by atoms with E-state index >= 15 is 0 Å². The fourth-order valence-electron chi connectivity index (χ4n) is 3.07. The van der Waals surface area contributed by atoms with E-state index in [1.54, 1.807) is 28.4 Å². The van der Waals surface area contributed by atoms with Gasteiger partial charge in [0.25, 0.3) is 0 Å². The summed E-state index contributed by atoms with van der Waals surface area (Å²) >= 11 is 0.